The molecule has 1 aromatic carbocycles. The van der Waals surface area contributed by atoms with Crippen LogP contribution < -0.4 is 4.90 Å². The van der Waals surface area contributed by atoms with Crippen LogP contribution in [0.5, 0.6) is 11.7 Å². The van der Waals surface area contributed by atoms with Gasteiger partial charge in [0.15, 0.2) is 5.78 Å². The normalized spacial score (nSPS) is 16.4. The van der Waals surface area contributed by atoms with Gasteiger partial charge in [0.2, 0.25) is 5.78 Å². The van der Waals surface area contributed by atoms with Gasteiger partial charge in [-0.05, 0) is 39.5 Å². The van der Waals surface area contributed by atoms with E-state index >= 15 is 0 Å². The molecule has 2 aliphatic rings. The molecule has 0 radical (unpaired) electrons. The third-order valence-electron chi connectivity index (χ3n) is 7.74. The van der Waals surface area contributed by atoms with Crippen LogP contribution in [0.3, 0.4) is 0 Å². The number of esters is 1. The zero-order chi connectivity index (χ0) is 29.3. The van der Waals surface area contributed by atoms with Gasteiger partial charge in [-0.15, -0.1) is 0 Å². The third kappa shape index (κ3) is 5.00. The average molecular weight is 551 g/mol. The van der Waals surface area contributed by atoms with E-state index < -0.39 is 29.1 Å². The summed E-state index contributed by atoms with van der Waals surface area (Å²) in [6.45, 7) is 13.8. The van der Waals surface area contributed by atoms with E-state index in [4.69, 9.17) is 9.15 Å². The molecule has 9 heteroatoms. The van der Waals surface area contributed by atoms with Crippen LogP contribution in [0.25, 0.3) is 11.0 Å². The summed E-state index contributed by atoms with van der Waals surface area (Å²) in [7, 11) is 0. The number of ether oxygens (including phenoxy) is 1. The highest BCUT2D eigenvalue weighted by Crippen LogP contribution is 2.43. The Morgan fingerprint density at radius 2 is 1.55 bits per heavy atom. The number of ketones is 2. The molecule has 40 heavy (non-hydrogen) atoms. The van der Waals surface area contributed by atoms with Crippen molar-refractivity contribution in [3.05, 3.63) is 52.5 Å². The number of nitrogens with zero attached hydrogens (tertiary/aromatic N) is 2. The Balaban J connectivity index is 1.78. The lowest BCUT2D eigenvalue weighted by molar-refractivity contribution is -0.132. The van der Waals surface area contributed by atoms with Crippen LogP contribution >= 0.6 is 0 Å². The van der Waals surface area contributed by atoms with Gasteiger partial charge >= 0.3 is 5.97 Å². The highest BCUT2D eigenvalue weighted by molar-refractivity contribution is 6.35. The first kappa shape index (κ1) is 29.0. The second-order valence-corrected chi connectivity index (χ2v) is 10.4. The maximum Gasteiger partial charge on any atom is 0.348 e. The zero-order valence-corrected chi connectivity index (χ0v) is 24.0. The van der Waals surface area contributed by atoms with Crippen molar-refractivity contribution in [1.82, 2.24) is 4.90 Å². The Morgan fingerprint density at radius 1 is 0.925 bits per heavy atom. The van der Waals surface area contributed by atoms with Crippen molar-refractivity contribution < 1.29 is 33.8 Å². The van der Waals surface area contributed by atoms with Crippen LogP contribution in [0.2, 0.25) is 0 Å². The van der Waals surface area contributed by atoms with Gasteiger partial charge in [-0.1, -0.05) is 27.7 Å². The Morgan fingerprint density at radius 3 is 2.17 bits per heavy atom. The Hall–Kier alpha value is -4.01. The molecule has 2 N–H and O–H groups in total. The second kappa shape index (κ2) is 11.6. The molecule has 2 heterocycles. The molecule has 2 unspecified atom stereocenters. The summed E-state index contributed by atoms with van der Waals surface area (Å²) in [6.07, 6.45) is 6.47. The van der Waals surface area contributed by atoms with Gasteiger partial charge in [-0.3, -0.25) is 9.59 Å². The van der Waals surface area contributed by atoms with E-state index in [0.29, 0.717) is 17.9 Å². The van der Waals surface area contributed by atoms with Gasteiger partial charge in [0, 0.05) is 60.8 Å². The number of carbonyl (C=O) groups is 3. The Labute approximate surface area is 234 Å². The number of furan rings is 1. The Bertz CT molecular complexity index is 1450. The average Bonchev–Trinajstić information content (AvgIpc) is 3.44. The number of fused-ring (bicyclic) bond motifs is 2. The molecule has 2 aromatic rings. The van der Waals surface area contributed by atoms with E-state index in [1.165, 1.54) is 12.1 Å². The van der Waals surface area contributed by atoms with Crippen LogP contribution in [0, 0.1) is 0 Å². The van der Waals surface area contributed by atoms with Crippen molar-refractivity contribution >= 4 is 34.2 Å². The lowest BCUT2D eigenvalue weighted by Crippen LogP contribution is -2.33. The van der Waals surface area contributed by atoms with Gasteiger partial charge in [-0.2, -0.15) is 0 Å². The predicted molar refractivity (Wildman–Crippen MR) is 152 cm³/mol. The van der Waals surface area contributed by atoms with E-state index in [9.17, 15) is 24.6 Å². The molecule has 1 aromatic heterocycles. The highest BCUT2D eigenvalue weighted by Gasteiger charge is 2.42. The number of Topliss-reactive ketones (excluding diaryl/α,β-unsaturated/α-hetero) is 1. The highest BCUT2D eigenvalue weighted by atomic mass is 16.5. The van der Waals surface area contributed by atoms with Crippen LogP contribution in [0.1, 0.15) is 77.6 Å². The maximum atomic E-state index is 13.7. The van der Waals surface area contributed by atoms with Crippen molar-refractivity contribution in [1.29, 1.82) is 0 Å². The van der Waals surface area contributed by atoms with Crippen molar-refractivity contribution in [2.24, 2.45) is 0 Å². The number of benzene rings is 1. The third-order valence-corrected chi connectivity index (χ3v) is 7.74. The molecule has 1 aliphatic carbocycles. The van der Waals surface area contributed by atoms with Crippen molar-refractivity contribution in [3.8, 4) is 11.7 Å². The number of phenolic OH excluding ortho intramolecular Hbond substituents is 1. The molecule has 0 saturated heterocycles. The lowest BCUT2D eigenvalue weighted by atomic mass is 9.92. The summed E-state index contributed by atoms with van der Waals surface area (Å²) in [5, 5.41) is 21.7. The van der Waals surface area contributed by atoms with E-state index in [1.54, 1.807) is 12.1 Å². The summed E-state index contributed by atoms with van der Waals surface area (Å²) in [5.74, 6) is -3.50. The number of phenols is 1. The fraction of sp³-hybridized carbons (Fsp3) is 0.452. The first-order valence-electron chi connectivity index (χ1n) is 14.1. The van der Waals surface area contributed by atoms with Crippen molar-refractivity contribution in [2.75, 3.05) is 18.0 Å². The van der Waals surface area contributed by atoms with Crippen molar-refractivity contribution in [3.63, 3.8) is 0 Å². The fourth-order valence-electron chi connectivity index (χ4n) is 5.34. The smallest absolute Gasteiger partial charge is 0.348 e. The first-order chi connectivity index (χ1) is 19.1. The minimum atomic E-state index is -0.990. The monoisotopic (exact) mass is 550 g/mol. The molecule has 2 atom stereocenters. The molecular weight excluding hydrogens is 512 g/mol. The van der Waals surface area contributed by atoms with E-state index in [-0.39, 0.29) is 45.7 Å². The molecule has 0 amide bonds. The van der Waals surface area contributed by atoms with Gasteiger partial charge in [0.25, 0.3) is 5.95 Å². The Kier molecular flexibility index (Phi) is 8.42. The van der Waals surface area contributed by atoms with Crippen LogP contribution in [-0.4, -0.2) is 57.8 Å². The quantitative estimate of drug-likeness (QED) is 0.193. The molecule has 0 saturated carbocycles. The molecule has 9 nitrogen and oxygen atoms in total. The van der Waals surface area contributed by atoms with Gasteiger partial charge < -0.3 is 29.2 Å². The largest absolute Gasteiger partial charge is 0.507 e. The first-order valence-corrected chi connectivity index (χ1v) is 14.1. The van der Waals surface area contributed by atoms with Crippen LogP contribution in [0.4, 0.5) is 5.69 Å². The topological polar surface area (TPSA) is 121 Å². The van der Waals surface area contributed by atoms with Crippen LogP contribution in [0.15, 0.2) is 51.3 Å². The van der Waals surface area contributed by atoms with Crippen LogP contribution in [-0.2, 0) is 14.3 Å². The standard InChI is InChI=1S/C31H38N2O7/c1-7-11-32(17(5)9-3)19-13-21(34)25-23(15-19)39-30(37)27(25)29(36)28-26-22(35)14-20(16-24(26)40-31(28)38)33(12-8-2)18(6)10-4/h13-18,34,37H,7-12H2,1-6H3. The molecule has 0 spiro atoms. The summed E-state index contributed by atoms with van der Waals surface area (Å²) in [4.78, 5) is 44.2. The molecule has 0 bridgehead atoms. The van der Waals surface area contributed by atoms with E-state index in [0.717, 1.165) is 32.2 Å². The van der Waals surface area contributed by atoms with Gasteiger partial charge in [0.05, 0.1) is 11.0 Å². The number of aromatic hydroxyl groups is 2. The minimum absolute atomic E-state index is 0.00261. The summed E-state index contributed by atoms with van der Waals surface area (Å²) >= 11 is 0. The summed E-state index contributed by atoms with van der Waals surface area (Å²) < 4.78 is 10.9. The molecular formula is C31H38N2O7. The number of hydrogen-bond acceptors (Lipinski definition) is 9. The number of rotatable bonds is 12. The molecule has 4 rings (SSSR count). The maximum absolute atomic E-state index is 13.7. The van der Waals surface area contributed by atoms with E-state index in [1.807, 2.05) is 6.92 Å². The molecule has 214 valence electrons. The fourth-order valence-corrected chi connectivity index (χ4v) is 5.34. The zero-order valence-electron chi connectivity index (χ0n) is 24.0. The van der Waals surface area contributed by atoms with Gasteiger partial charge in [0.1, 0.15) is 28.2 Å². The number of allylic oxidation sites excluding steroid dienone is 3. The number of anilines is 1. The lowest BCUT2D eigenvalue weighted by Gasteiger charge is -2.32. The molecule has 1 aliphatic heterocycles. The predicted octanol–water partition coefficient (Wildman–Crippen LogP) is 5.76. The van der Waals surface area contributed by atoms with Crippen molar-refractivity contribution in [2.45, 2.75) is 79.3 Å². The summed E-state index contributed by atoms with van der Waals surface area (Å²) in [6, 6.07) is 3.50. The minimum Gasteiger partial charge on any atom is -0.507 e. The number of carbonyl (C=O) groups excluding carboxylic acids is 3. The second-order valence-electron chi connectivity index (χ2n) is 10.4. The molecule has 0 fully saturated rings. The van der Waals surface area contributed by atoms with Gasteiger partial charge in [-0.25, -0.2) is 4.79 Å². The number of hydrogen-bond donors (Lipinski definition) is 2. The van der Waals surface area contributed by atoms with E-state index in [2.05, 4.69) is 44.4 Å². The summed E-state index contributed by atoms with van der Waals surface area (Å²) in [5.41, 5.74) is 0.343. The SMILES string of the molecule is CCCN(C1=CC(=O)C2=C(C(=O)c3c(O)oc4cc(N(CCC)C(C)CC)cc(O)c34)C(=O)OC2=C1)C(C)CC.